The molecule has 6 aromatic rings. The SMILES string of the molecule is CCc1ccc(Cn2c(CCc3ccccc3)nnc2C(Cc2c[nH]c3ccccc23)NC(=O)c2ccccc2N)cc1. The van der Waals surface area contributed by atoms with E-state index in [2.05, 4.69) is 82.5 Å². The van der Waals surface area contributed by atoms with Crippen LogP contribution in [0.5, 0.6) is 0 Å². The molecule has 1 unspecified atom stereocenters. The maximum Gasteiger partial charge on any atom is 0.253 e. The van der Waals surface area contributed by atoms with E-state index in [0.717, 1.165) is 52.9 Å². The fraction of sp³-hybridized carbons (Fsp3) is 0.194. The molecule has 4 N–H and O–H groups in total. The number of benzene rings is 4. The van der Waals surface area contributed by atoms with E-state index in [1.54, 1.807) is 12.1 Å². The van der Waals surface area contributed by atoms with Crippen molar-refractivity contribution in [2.45, 2.75) is 45.2 Å². The predicted molar refractivity (Wildman–Crippen MR) is 172 cm³/mol. The van der Waals surface area contributed by atoms with Crippen LogP contribution in [0.25, 0.3) is 10.9 Å². The molecule has 0 saturated heterocycles. The standard InChI is InChI=1S/C36H36N6O/c1-2-25-16-18-27(19-17-25)24-42-34(21-20-26-10-4-3-5-11-26)40-41-35(42)33(39-36(43)30-13-6-8-14-31(30)37)22-28-23-38-32-15-9-7-12-29(28)32/h3-19,23,33,38H,2,20-22,24,37H2,1H3,(H,39,43). The normalized spacial score (nSPS) is 11.9. The van der Waals surface area contributed by atoms with Gasteiger partial charge in [0.1, 0.15) is 5.82 Å². The van der Waals surface area contributed by atoms with Crippen LogP contribution in [0.4, 0.5) is 5.69 Å². The second-order valence-electron chi connectivity index (χ2n) is 10.9. The largest absolute Gasteiger partial charge is 0.398 e. The minimum absolute atomic E-state index is 0.240. The van der Waals surface area contributed by atoms with Crippen LogP contribution < -0.4 is 11.1 Å². The molecule has 0 aliphatic rings. The molecule has 7 nitrogen and oxygen atoms in total. The Hall–Kier alpha value is -5.17. The van der Waals surface area contributed by atoms with E-state index < -0.39 is 6.04 Å². The van der Waals surface area contributed by atoms with Crippen LogP contribution in [0.15, 0.2) is 109 Å². The average molecular weight is 569 g/mol. The number of anilines is 1. The number of aromatic amines is 1. The number of para-hydroxylation sites is 2. The third-order valence-corrected chi connectivity index (χ3v) is 8.03. The minimum Gasteiger partial charge on any atom is -0.398 e. The number of rotatable bonds is 11. The Morgan fingerprint density at radius 3 is 2.35 bits per heavy atom. The number of nitrogens with zero attached hydrogens (tertiary/aromatic N) is 3. The van der Waals surface area contributed by atoms with Crippen molar-refractivity contribution < 1.29 is 4.79 Å². The van der Waals surface area contributed by atoms with E-state index in [1.807, 2.05) is 36.5 Å². The van der Waals surface area contributed by atoms with Gasteiger partial charge in [0.15, 0.2) is 5.82 Å². The molecule has 7 heteroatoms. The van der Waals surface area contributed by atoms with E-state index >= 15 is 0 Å². The van der Waals surface area contributed by atoms with Gasteiger partial charge in [-0.3, -0.25) is 4.79 Å². The van der Waals surface area contributed by atoms with Crippen molar-refractivity contribution in [3.63, 3.8) is 0 Å². The van der Waals surface area contributed by atoms with Crippen molar-refractivity contribution in [2.24, 2.45) is 0 Å². The van der Waals surface area contributed by atoms with Crippen molar-refractivity contribution in [3.05, 3.63) is 149 Å². The summed E-state index contributed by atoms with van der Waals surface area (Å²) in [4.78, 5) is 17.0. The van der Waals surface area contributed by atoms with Gasteiger partial charge in [-0.25, -0.2) is 0 Å². The number of nitrogen functional groups attached to an aromatic ring is 1. The Balaban J connectivity index is 1.39. The number of carbonyl (C=O) groups is 1. The number of amides is 1. The quantitative estimate of drug-likeness (QED) is 0.156. The van der Waals surface area contributed by atoms with Crippen LogP contribution in [-0.2, 0) is 32.2 Å². The van der Waals surface area contributed by atoms with Crippen LogP contribution in [0.3, 0.4) is 0 Å². The number of nitrogens with two attached hydrogens (primary N) is 1. The summed E-state index contributed by atoms with van der Waals surface area (Å²) in [5.41, 5.74) is 12.9. The summed E-state index contributed by atoms with van der Waals surface area (Å²) in [6.07, 6.45) is 5.11. The lowest BCUT2D eigenvalue weighted by atomic mass is 10.0. The average Bonchev–Trinajstić information content (AvgIpc) is 3.64. The highest BCUT2D eigenvalue weighted by Gasteiger charge is 2.26. The molecule has 0 aliphatic carbocycles. The second-order valence-corrected chi connectivity index (χ2v) is 10.9. The Labute approximate surface area is 251 Å². The zero-order valence-corrected chi connectivity index (χ0v) is 24.3. The molecule has 0 fully saturated rings. The number of carbonyl (C=O) groups excluding carboxylic acids is 1. The molecule has 4 aromatic carbocycles. The van der Waals surface area contributed by atoms with Crippen molar-refractivity contribution >= 4 is 22.5 Å². The molecular weight excluding hydrogens is 532 g/mol. The van der Waals surface area contributed by atoms with Crippen LogP contribution in [0.1, 0.15) is 57.2 Å². The molecule has 2 heterocycles. The highest BCUT2D eigenvalue weighted by atomic mass is 16.1. The first-order valence-electron chi connectivity index (χ1n) is 14.8. The number of hydrogen-bond acceptors (Lipinski definition) is 4. The van der Waals surface area contributed by atoms with Gasteiger partial charge in [-0.2, -0.15) is 0 Å². The first kappa shape index (κ1) is 28.0. The van der Waals surface area contributed by atoms with Gasteiger partial charge in [0.25, 0.3) is 5.91 Å². The molecule has 216 valence electrons. The lowest BCUT2D eigenvalue weighted by molar-refractivity contribution is 0.0935. The maximum absolute atomic E-state index is 13.6. The number of aryl methyl sites for hydroxylation is 3. The topological polar surface area (TPSA) is 102 Å². The highest BCUT2D eigenvalue weighted by molar-refractivity contribution is 5.99. The van der Waals surface area contributed by atoms with E-state index in [4.69, 9.17) is 15.9 Å². The number of hydrogen-bond donors (Lipinski definition) is 3. The summed E-state index contributed by atoms with van der Waals surface area (Å²) in [5.74, 6) is 1.36. The molecule has 0 aliphatic heterocycles. The van der Waals surface area contributed by atoms with Gasteiger partial charge in [0.2, 0.25) is 0 Å². The molecule has 0 bridgehead atoms. The summed E-state index contributed by atoms with van der Waals surface area (Å²) >= 11 is 0. The van der Waals surface area contributed by atoms with Gasteiger partial charge in [-0.05, 0) is 53.3 Å². The second kappa shape index (κ2) is 12.8. The molecule has 0 spiro atoms. The summed E-state index contributed by atoms with van der Waals surface area (Å²) in [6, 6.07) is 34.0. The first-order valence-corrected chi connectivity index (χ1v) is 14.8. The summed E-state index contributed by atoms with van der Waals surface area (Å²) in [5, 5.41) is 13.8. The van der Waals surface area contributed by atoms with Gasteiger partial charge in [-0.1, -0.05) is 91.9 Å². The Morgan fingerprint density at radius 2 is 1.56 bits per heavy atom. The minimum atomic E-state index is -0.445. The number of aromatic nitrogens is 4. The Bertz CT molecular complexity index is 1820. The van der Waals surface area contributed by atoms with Crippen molar-refractivity contribution in [1.29, 1.82) is 0 Å². The summed E-state index contributed by atoms with van der Waals surface area (Å²) in [6.45, 7) is 2.76. The fourth-order valence-electron chi connectivity index (χ4n) is 5.59. The molecule has 6 rings (SSSR count). The Kier molecular flexibility index (Phi) is 8.31. The third-order valence-electron chi connectivity index (χ3n) is 8.03. The third kappa shape index (κ3) is 6.36. The van der Waals surface area contributed by atoms with Crippen LogP contribution in [0.2, 0.25) is 0 Å². The maximum atomic E-state index is 13.6. The lowest BCUT2D eigenvalue weighted by Crippen LogP contribution is -2.33. The predicted octanol–water partition coefficient (Wildman–Crippen LogP) is 6.45. The lowest BCUT2D eigenvalue weighted by Gasteiger charge is -2.21. The van der Waals surface area contributed by atoms with Gasteiger partial charge in [0, 0.05) is 35.6 Å². The van der Waals surface area contributed by atoms with Crippen LogP contribution in [-0.4, -0.2) is 25.7 Å². The van der Waals surface area contributed by atoms with Crippen molar-refractivity contribution in [1.82, 2.24) is 25.1 Å². The zero-order chi connectivity index (χ0) is 29.6. The molecule has 0 radical (unpaired) electrons. The van der Waals surface area contributed by atoms with E-state index in [9.17, 15) is 4.79 Å². The molecule has 1 atom stereocenters. The van der Waals surface area contributed by atoms with E-state index in [1.165, 1.54) is 11.1 Å². The smallest absolute Gasteiger partial charge is 0.253 e. The number of fused-ring (bicyclic) bond motifs is 1. The van der Waals surface area contributed by atoms with Crippen molar-refractivity contribution in [3.8, 4) is 0 Å². The number of nitrogens with one attached hydrogen (secondary N) is 2. The first-order chi connectivity index (χ1) is 21.1. The van der Waals surface area contributed by atoms with Gasteiger partial charge in [-0.15, -0.1) is 10.2 Å². The molecule has 2 aromatic heterocycles. The van der Waals surface area contributed by atoms with Crippen LogP contribution in [0, 0.1) is 0 Å². The Morgan fingerprint density at radius 1 is 0.837 bits per heavy atom. The van der Waals surface area contributed by atoms with Crippen LogP contribution >= 0.6 is 0 Å². The summed E-state index contributed by atoms with van der Waals surface area (Å²) < 4.78 is 2.18. The van der Waals surface area contributed by atoms with Gasteiger partial charge < -0.3 is 20.6 Å². The van der Waals surface area contributed by atoms with E-state index in [-0.39, 0.29) is 5.91 Å². The summed E-state index contributed by atoms with van der Waals surface area (Å²) in [7, 11) is 0. The highest BCUT2D eigenvalue weighted by Crippen LogP contribution is 2.26. The molecule has 1 amide bonds. The number of H-pyrrole nitrogens is 1. The van der Waals surface area contributed by atoms with Gasteiger partial charge in [0.05, 0.1) is 18.2 Å². The molecule has 43 heavy (non-hydrogen) atoms. The zero-order valence-electron chi connectivity index (χ0n) is 24.3. The fourth-order valence-corrected chi connectivity index (χ4v) is 5.59. The monoisotopic (exact) mass is 568 g/mol. The van der Waals surface area contributed by atoms with Gasteiger partial charge >= 0.3 is 0 Å². The molecular formula is C36H36N6O. The van der Waals surface area contributed by atoms with E-state index in [0.29, 0.717) is 24.2 Å². The molecule has 0 saturated carbocycles. The van der Waals surface area contributed by atoms with Crippen molar-refractivity contribution in [2.75, 3.05) is 5.73 Å².